The number of aromatic nitrogens is 1. The second kappa shape index (κ2) is 14.1. The van der Waals surface area contributed by atoms with Gasteiger partial charge in [-0.25, -0.2) is 4.98 Å². The predicted molar refractivity (Wildman–Crippen MR) is 144 cm³/mol. The van der Waals surface area contributed by atoms with E-state index in [2.05, 4.69) is 18.8 Å². The third kappa shape index (κ3) is 8.51. The van der Waals surface area contributed by atoms with Crippen molar-refractivity contribution >= 4 is 17.7 Å². The first-order valence-corrected chi connectivity index (χ1v) is 13.4. The normalized spacial score (nSPS) is 21.8. The minimum atomic E-state index is -0.706. The second-order valence-electron chi connectivity index (χ2n) is 10.3. The Labute approximate surface area is 230 Å². The first kappa shape index (κ1) is 30.1. The summed E-state index contributed by atoms with van der Waals surface area (Å²) >= 11 is 0. The van der Waals surface area contributed by atoms with Crippen molar-refractivity contribution in [2.45, 2.75) is 78.6 Å². The summed E-state index contributed by atoms with van der Waals surface area (Å²) in [6, 6.07) is 9.20. The molecule has 0 saturated carbocycles. The second-order valence-corrected chi connectivity index (χ2v) is 10.3. The number of rotatable bonds is 10. The number of aryl methyl sites for hydroxylation is 1. The monoisotopic (exact) mass is 541 g/mol. The lowest BCUT2D eigenvalue weighted by molar-refractivity contribution is -0.162. The van der Waals surface area contributed by atoms with Crippen molar-refractivity contribution < 1.29 is 38.1 Å². The number of benzene rings is 1. The summed E-state index contributed by atoms with van der Waals surface area (Å²) in [7, 11) is 1.40. The Kier molecular flexibility index (Phi) is 10.9. The van der Waals surface area contributed by atoms with Crippen molar-refractivity contribution in [1.29, 1.82) is 0 Å². The fraction of sp³-hybridized carbons (Fsp3) is 0.533. The zero-order valence-electron chi connectivity index (χ0n) is 23.6. The van der Waals surface area contributed by atoms with Gasteiger partial charge in [0.25, 0.3) is 0 Å². The number of carbonyl (C=O) groups excluding carboxylic acids is 3. The topological polar surface area (TPSA) is 110 Å². The van der Waals surface area contributed by atoms with E-state index in [0.29, 0.717) is 37.5 Å². The lowest BCUT2D eigenvalue weighted by atomic mass is 9.93. The molecular formula is C30H39NO8. The molecule has 4 atom stereocenters. The average molecular weight is 542 g/mol. The Balaban J connectivity index is 1.82. The minimum Gasteiger partial charge on any atom is -0.493 e. The summed E-state index contributed by atoms with van der Waals surface area (Å²) < 4.78 is 28.9. The van der Waals surface area contributed by atoms with Crippen LogP contribution in [0.5, 0.6) is 17.2 Å². The highest BCUT2D eigenvalue weighted by Gasteiger charge is 2.37. The smallest absolute Gasteiger partial charge is 0.309 e. The molecule has 0 spiro atoms. The van der Waals surface area contributed by atoms with Crippen LogP contribution in [0.4, 0.5) is 0 Å². The van der Waals surface area contributed by atoms with Crippen molar-refractivity contribution in [2.24, 2.45) is 11.8 Å². The summed E-state index contributed by atoms with van der Waals surface area (Å²) in [4.78, 5) is 42.4. The van der Waals surface area contributed by atoms with E-state index in [1.165, 1.54) is 26.3 Å². The highest BCUT2D eigenvalue weighted by molar-refractivity contribution is 6.00. The SMILES string of the molecule is COc1ccnc(C(=O)C[C@H]2CCC[C@H](OCC(C)C)[C@@H](Oc3ccc(C)cc3)[C@H](C)OC2=O)c1OC(C)=O. The first-order chi connectivity index (χ1) is 18.6. The molecule has 0 aliphatic carbocycles. The number of Topliss-reactive ketones (excluding diaryl/α,β-unsaturated/α-hetero) is 1. The molecule has 1 fully saturated rings. The van der Waals surface area contributed by atoms with E-state index in [1.807, 2.05) is 31.2 Å². The Morgan fingerprint density at radius 2 is 1.85 bits per heavy atom. The van der Waals surface area contributed by atoms with E-state index in [0.717, 1.165) is 5.56 Å². The van der Waals surface area contributed by atoms with Gasteiger partial charge < -0.3 is 23.7 Å². The summed E-state index contributed by atoms with van der Waals surface area (Å²) in [5, 5.41) is 0. The van der Waals surface area contributed by atoms with Crippen LogP contribution in [0, 0.1) is 18.8 Å². The van der Waals surface area contributed by atoms with E-state index in [1.54, 1.807) is 6.92 Å². The van der Waals surface area contributed by atoms with Gasteiger partial charge in [0.05, 0.1) is 19.1 Å². The van der Waals surface area contributed by atoms with Gasteiger partial charge in [-0.2, -0.15) is 0 Å². The van der Waals surface area contributed by atoms with E-state index < -0.39 is 35.8 Å². The molecule has 39 heavy (non-hydrogen) atoms. The zero-order valence-corrected chi connectivity index (χ0v) is 23.6. The largest absolute Gasteiger partial charge is 0.493 e. The molecule has 2 heterocycles. The van der Waals surface area contributed by atoms with Gasteiger partial charge in [-0.05, 0) is 51.2 Å². The molecule has 1 aliphatic rings. The molecule has 3 rings (SSSR count). The lowest BCUT2D eigenvalue weighted by Crippen LogP contribution is -2.44. The maximum absolute atomic E-state index is 13.3. The van der Waals surface area contributed by atoms with Gasteiger partial charge in [-0.1, -0.05) is 31.5 Å². The van der Waals surface area contributed by atoms with E-state index in [9.17, 15) is 14.4 Å². The van der Waals surface area contributed by atoms with Gasteiger partial charge in [-0.15, -0.1) is 0 Å². The van der Waals surface area contributed by atoms with E-state index >= 15 is 0 Å². The highest BCUT2D eigenvalue weighted by Crippen LogP contribution is 2.33. The summed E-state index contributed by atoms with van der Waals surface area (Å²) in [6.07, 6.45) is 1.46. The number of carbonyl (C=O) groups is 3. The average Bonchev–Trinajstić information content (AvgIpc) is 2.93. The fourth-order valence-corrected chi connectivity index (χ4v) is 4.47. The Hall–Kier alpha value is -3.46. The zero-order chi connectivity index (χ0) is 28.5. The van der Waals surface area contributed by atoms with Crippen LogP contribution in [-0.2, 0) is 19.1 Å². The van der Waals surface area contributed by atoms with Crippen LogP contribution in [0.2, 0.25) is 0 Å². The molecule has 212 valence electrons. The van der Waals surface area contributed by atoms with Crippen molar-refractivity contribution in [2.75, 3.05) is 13.7 Å². The molecule has 1 aliphatic heterocycles. The van der Waals surface area contributed by atoms with Crippen LogP contribution in [0.1, 0.15) is 69.4 Å². The van der Waals surface area contributed by atoms with Crippen molar-refractivity contribution in [3.63, 3.8) is 0 Å². The van der Waals surface area contributed by atoms with Gasteiger partial charge in [-0.3, -0.25) is 14.4 Å². The molecule has 1 saturated heterocycles. The van der Waals surface area contributed by atoms with Gasteiger partial charge in [0.1, 0.15) is 11.9 Å². The molecule has 0 bridgehead atoms. The predicted octanol–water partition coefficient (Wildman–Crippen LogP) is 5.12. The number of cyclic esters (lactones) is 1. The number of ketones is 1. The molecule has 9 nitrogen and oxygen atoms in total. The van der Waals surface area contributed by atoms with Crippen LogP contribution in [-0.4, -0.2) is 54.7 Å². The van der Waals surface area contributed by atoms with Gasteiger partial charge in [0, 0.05) is 32.2 Å². The van der Waals surface area contributed by atoms with E-state index in [-0.39, 0.29) is 29.7 Å². The maximum atomic E-state index is 13.3. The van der Waals surface area contributed by atoms with Crippen LogP contribution in [0.25, 0.3) is 0 Å². The number of esters is 2. The van der Waals surface area contributed by atoms with E-state index in [4.69, 9.17) is 23.7 Å². The molecule has 9 heteroatoms. The standard InChI is InChI=1S/C30H39NO8/c1-18(2)17-36-26-9-7-8-22(16-24(33)27-29(38-21(5)32)25(35-6)14-15-31-27)30(34)37-20(4)28(26)39-23-12-10-19(3)11-13-23/h10-15,18,20,22,26,28H,7-9,16-17H2,1-6H3/t20-,22+,26-,28-/m0/s1. The minimum absolute atomic E-state index is 0.0592. The summed E-state index contributed by atoms with van der Waals surface area (Å²) in [6.45, 7) is 9.71. The molecule has 1 aromatic carbocycles. The van der Waals surface area contributed by atoms with Crippen LogP contribution in [0.15, 0.2) is 36.5 Å². The Morgan fingerprint density at radius 3 is 2.49 bits per heavy atom. The molecule has 1 aromatic heterocycles. The van der Waals surface area contributed by atoms with Crippen molar-refractivity contribution in [3.05, 3.63) is 47.8 Å². The molecule has 0 amide bonds. The third-order valence-corrected chi connectivity index (χ3v) is 6.47. The first-order valence-electron chi connectivity index (χ1n) is 13.4. The fourth-order valence-electron chi connectivity index (χ4n) is 4.47. The lowest BCUT2D eigenvalue weighted by Gasteiger charge is -2.32. The van der Waals surface area contributed by atoms with Gasteiger partial charge in [0.15, 0.2) is 23.3 Å². The van der Waals surface area contributed by atoms with Gasteiger partial charge >= 0.3 is 11.9 Å². The van der Waals surface area contributed by atoms with Crippen molar-refractivity contribution in [1.82, 2.24) is 4.98 Å². The maximum Gasteiger partial charge on any atom is 0.309 e. The summed E-state index contributed by atoms with van der Waals surface area (Å²) in [5.74, 6) is -1.12. The third-order valence-electron chi connectivity index (χ3n) is 6.47. The molecule has 0 unspecified atom stereocenters. The molecule has 0 radical (unpaired) electrons. The number of hydrogen-bond acceptors (Lipinski definition) is 9. The van der Waals surface area contributed by atoms with Crippen LogP contribution >= 0.6 is 0 Å². The van der Waals surface area contributed by atoms with Crippen LogP contribution in [0.3, 0.4) is 0 Å². The Morgan fingerprint density at radius 1 is 1.13 bits per heavy atom. The number of methoxy groups -OCH3 is 1. The molecule has 2 aromatic rings. The number of hydrogen-bond donors (Lipinski definition) is 0. The highest BCUT2D eigenvalue weighted by atomic mass is 16.6. The van der Waals surface area contributed by atoms with Crippen LogP contribution < -0.4 is 14.2 Å². The molecular weight excluding hydrogens is 502 g/mol. The molecule has 0 N–H and O–H groups in total. The number of nitrogens with zero attached hydrogens (tertiary/aromatic N) is 1. The number of pyridine rings is 1. The summed E-state index contributed by atoms with van der Waals surface area (Å²) in [5.41, 5.74) is 1.04. The quantitative estimate of drug-likeness (QED) is 0.299. The van der Waals surface area contributed by atoms with Crippen molar-refractivity contribution in [3.8, 4) is 17.2 Å². The Bertz CT molecular complexity index is 1130. The van der Waals surface area contributed by atoms with Gasteiger partial charge in [0.2, 0.25) is 5.75 Å². The number of ether oxygens (including phenoxy) is 5.